The van der Waals surface area contributed by atoms with Crippen molar-refractivity contribution >= 4 is 11.8 Å². The van der Waals surface area contributed by atoms with Crippen LogP contribution in [0.3, 0.4) is 0 Å². The van der Waals surface area contributed by atoms with Crippen molar-refractivity contribution in [2.75, 3.05) is 19.7 Å². The van der Waals surface area contributed by atoms with Crippen molar-refractivity contribution in [2.24, 2.45) is 0 Å². The van der Waals surface area contributed by atoms with Crippen molar-refractivity contribution in [3.63, 3.8) is 0 Å². The van der Waals surface area contributed by atoms with E-state index in [4.69, 9.17) is 4.74 Å². The van der Waals surface area contributed by atoms with Gasteiger partial charge in [0, 0.05) is 31.3 Å². The van der Waals surface area contributed by atoms with E-state index in [9.17, 15) is 9.59 Å². The molecule has 110 valence electrons. The van der Waals surface area contributed by atoms with E-state index in [1.54, 1.807) is 15.9 Å². The number of amides is 2. The molecule has 0 aromatic carbocycles. The Kier molecular flexibility index (Phi) is 4.95. The van der Waals surface area contributed by atoms with Gasteiger partial charge >= 0.3 is 0 Å². The number of hydrogen-bond acceptors (Lipinski definition) is 3. The topological polar surface area (TPSA) is 49.9 Å². The highest BCUT2D eigenvalue weighted by atomic mass is 16.5. The van der Waals surface area contributed by atoms with E-state index < -0.39 is 0 Å². The standard InChI is InChI=1S/C15H22N2O3/c1-12-7-8-15(19)16(12)10-11-20-13(2)17-9-5-3-4-6-14(17)18/h7-8,13H,1,3-6,9-11H2,2H3. The second-order valence-electron chi connectivity index (χ2n) is 5.18. The minimum absolute atomic E-state index is 0.0582. The van der Waals surface area contributed by atoms with Crippen LogP contribution in [0, 0.1) is 0 Å². The SMILES string of the molecule is C=C1C=CC(=O)N1CCOC(C)N1CCCCCC1=O. The van der Waals surface area contributed by atoms with Crippen molar-refractivity contribution in [2.45, 2.75) is 38.8 Å². The van der Waals surface area contributed by atoms with Crippen molar-refractivity contribution < 1.29 is 14.3 Å². The Bertz CT molecular complexity index is 413. The second-order valence-corrected chi connectivity index (χ2v) is 5.18. The third-order valence-corrected chi connectivity index (χ3v) is 3.75. The average Bonchev–Trinajstić information content (AvgIpc) is 2.63. The van der Waals surface area contributed by atoms with E-state index in [-0.39, 0.29) is 18.0 Å². The van der Waals surface area contributed by atoms with Gasteiger partial charge in [0.15, 0.2) is 0 Å². The van der Waals surface area contributed by atoms with E-state index in [0.717, 1.165) is 25.8 Å². The Labute approximate surface area is 119 Å². The number of rotatable bonds is 5. The van der Waals surface area contributed by atoms with Crippen LogP contribution in [0.1, 0.15) is 32.6 Å². The Morgan fingerprint density at radius 2 is 2.10 bits per heavy atom. The lowest BCUT2D eigenvalue weighted by atomic mass is 10.2. The normalized spacial score (nSPS) is 21.6. The number of hydrogen-bond donors (Lipinski definition) is 0. The van der Waals surface area contributed by atoms with Crippen LogP contribution < -0.4 is 0 Å². The Hall–Kier alpha value is -1.62. The monoisotopic (exact) mass is 278 g/mol. The van der Waals surface area contributed by atoms with E-state index in [2.05, 4.69) is 6.58 Å². The molecule has 0 saturated carbocycles. The molecule has 0 spiro atoms. The quantitative estimate of drug-likeness (QED) is 0.768. The predicted octanol–water partition coefficient (Wildman–Crippen LogP) is 1.66. The molecule has 1 fully saturated rings. The predicted molar refractivity (Wildman–Crippen MR) is 75.6 cm³/mol. The van der Waals surface area contributed by atoms with Crippen molar-refractivity contribution in [1.29, 1.82) is 0 Å². The molecule has 1 saturated heterocycles. The first-order chi connectivity index (χ1) is 9.59. The molecule has 2 amide bonds. The van der Waals surface area contributed by atoms with Crippen molar-refractivity contribution in [3.8, 4) is 0 Å². The fourth-order valence-corrected chi connectivity index (χ4v) is 2.54. The highest BCUT2D eigenvalue weighted by Crippen LogP contribution is 2.15. The maximum atomic E-state index is 11.9. The number of ether oxygens (including phenoxy) is 1. The molecule has 0 aliphatic carbocycles. The first kappa shape index (κ1) is 14.8. The minimum Gasteiger partial charge on any atom is -0.357 e. The molecule has 20 heavy (non-hydrogen) atoms. The van der Waals surface area contributed by atoms with E-state index in [1.807, 2.05) is 6.92 Å². The summed E-state index contributed by atoms with van der Waals surface area (Å²) < 4.78 is 5.71. The van der Waals surface area contributed by atoms with Crippen molar-refractivity contribution in [1.82, 2.24) is 9.80 Å². The number of allylic oxidation sites excluding steroid dienone is 1. The summed E-state index contributed by atoms with van der Waals surface area (Å²) in [5.74, 6) is 0.107. The molecule has 2 heterocycles. The van der Waals surface area contributed by atoms with Gasteiger partial charge in [0.05, 0.1) is 6.61 Å². The van der Waals surface area contributed by atoms with Crippen molar-refractivity contribution in [3.05, 3.63) is 24.4 Å². The number of nitrogens with zero attached hydrogens (tertiary/aromatic N) is 2. The summed E-state index contributed by atoms with van der Waals surface area (Å²) in [5, 5.41) is 0. The molecule has 2 aliphatic heterocycles. The maximum absolute atomic E-state index is 11.9. The van der Waals surface area contributed by atoms with E-state index in [0.29, 0.717) is 25.3 Å². The molecule has 5 heteroatoms. The third kappa shape index (κ3) is 3.48. The molecule has 1 atom stereocenters. The van der Waals surface area contributed by atoms with Crippen LogP contribution in [-0.4, -0.2) is 47.5 Å². The molecule has 0 bridgehead atoms. The number of carbonyl (C=O) groups excluding carboxylic acids is 2. The van der Waals surface area contributed by atoms with Gasteiger partial charge < -0.3 is 14.5 Å². The van der Waals surface area contributed by atoms with Crippen LogP contribution in [0.5, 0.6) is 0 Å². The van der Waals surface area contributed by atoms with E-state index >= 15 is 0 Å². The lowest BCUT2D eigenvalue weighted by Crippen LogP contribution is -2.41. The molecular formula is C15H22N2O3. The number of carbonyl (C=O) groups is 2. The van der Waals surface area contributed by atoms with Gasteiger partial charge in [0.25, 0.3) is 5.91 Å². The van der Waals surface area contributed by atoms with Gasteiger partial charge in [-0.15, -0.1) is 0 Å². The molecule has 0 aromatic heterocycles. The third-order valence-electron chi connectivity index (χ3n) is 3.75. The molecular weight excluding hydrogens is 256 g/mol. The molecule has 5 nitrogen and oxygen atoms in total. The molecule has 2 aliphatic rings. The molecule has 0 radical (unpaired) electrons. The average molecular weight is 278 g/mol. The fourth-order valence-electron chi connectivity index (χ4n) is 2.54. The highest BCUT2D eigenvalue weighted by molar-refractivity contribution is 5.92. The largest absolute Gasteiger partial charge is 0.357 e. The first-order valence-corrected chi connectivity index (χ1v) is 7.19. The van der Waals surface area contributed by atoms with Crippen LogP contribution in [0.25, 0.3) is 0 Å². The van der Waals surface area contributed by atoms with Gasteiger partial charge in [-0.3, -0.25) is 9.59 Å². The van der Waals surface area contributed by atoms with Gasteiger partial charge in [-0.2, -0.15) is 0 Å². The fraction of sp³-hybridized carbons (Fsp3) is 0.600. The summed E-state index contributed by atoms with van der Waals surface area (Å²) in [7, 11) is 0. The van der Waals surface area contributed by atoms with Gasteiger partial charge in [-0.1, -0.05) is 13.0 Å². The first-order valence-electron chi connectivity index (χ1n) is 7.19. The summed E-state index contributed by atoms with van der Waals surface area (Å²) in [4.78, 5) is 26.8. The lowest BCUT2D eigenvalue weighted by molar-refractivity contribution is -0.145. The Morgan fingerprint density at radius 1 is 1.30 bits per heavy atom. The van der Waals surface area contributed by atoms with Gasteiger partial charge in [-0.05, 0) is 25.8 Å². The van der Waals surface area contributed by atoms with Gasteiger partial charge in [-0.25, -0.2) is 0 Å². The molecule has 2 rings (SSSR count). The van der Waals surface area contributed by atoms with Gasteiger partial charge in [0.2, 0.25) is 5.91 Å². The molecule has 0 aromatic rings. The Balaban J connectivity index is 1.77. The second kappa shape index (κ2) is 6.70. The summed E-state index contributed by atoms with van der Waals surface area (Å²) in [6, 6.07) is 0. The summed E-state index contributed by atoms with van der Waals surface area (Å²) in [6.45, 7) is 7.32. The lowest BCUT2D eigenvalue weighted by Gasteiger charge is -2.28. The van der Waals surface area contributed by atoms with Crippen LogP contribution >= 0.6 is 0 Å². The van der Waals surface area contributed by atoms with Gasteiger partial charge in [0.1, 0.15) is 6.23 Å². The minimum atomic E-state index is -0.237. The smallest absolute Gasteiger partial charge is 0.251 e. The van der Waals surface area contributed by atoms with Crippen LogP contribution in [0.15, 0.2) is 24.4 Å². The Morgan fingerprint density at radius 3 is 2.80 bits per heavy atom. The summed E-state index contributed by atoms with van der Waals surface area (Å²) in [5.41, 5.74) is 0.692. The summed E-state index contributed by atoms with van der Waals surface area (Å²) >= 11 is 0. The van der Waals surface area contributed by atoms with E-state index in [1.165, 1.54) is 6.08 Å². The highest BCUT2D eigenvalue weighted by Gasteiger charge is 2.23. The van der Waals surface area contributed by atoms with Crippen LogP contribution in [0.2, 0.25) is 0 Å². The maximum Gasteiger partial charge on any atom is 0.251 e. The molecule has 1 unspecified atom stereocenters. The summed E-state index contributed by atoms with van der Waals surface area (Å²) in [6.07, 6.45) is 6.68. The zero-order valence-electron chi connectivity index (χ0n) is 12.0. The number of likely N-dealkylation sites (tertiary alicyclic amines) is 1. The van der Waals surface area contributed by atoms with Crippen LogP contribution in [-0.2, 0) is 14.3 Å². The van der Waals surface area contributed by atoms with Crippen LogP contribution in [0.4, 0.5) is 0 Å². The molecule has 0 N–H and O–H groups in total. The zero-order chi connectivity index (χ0) is 14.5. The zero-order valence-corrected chi connectivity index (χ0v) is 12.0.